The first kappa shape index (κ1) is 17.2. The van der Waals surface area contributed by atoms with Crippen LogP contribution in [-0.2, 0) is 0 Å². The number of hydrogen-bond acceptors (Lipinski definition) is 5. The van der Waals surface area contributed by atoms with E-state index in [2.05, 4.69) is 15.4 Å². The topological polar surface area (TPSA) is 70.8 Å². The van der Waals surface area contributed by atoms with Crippen LogP contribution in [0.5, 0.6) is 0 Å². The largest absolute Gasteiger partial charge is 0.345 e. The molecule has 26 heavy (non-hydrogen) atoms. The molecule has 130 valence electrons. The number of para-hydroxylation sites is 3. The number of benzene rings is 3. The minimum atomic E-state index is -0.438. The van der Waals surface area contributed by atoms with E-state index in [1.54, 1.807) is 24.4 Å². The second-order valence-corrected chi connectivity index (χ2v) is 5.63. The highest BCUT2D eigenvalue weighted by molar-refractivity contribution is 5.81. The number of hydrogen-bond donors (Lipinski definition) is 1. The van der Waals surface area contributed by atoms with Crippen LogP contribution in [0, 0.1) is 10.1 Å². The molecule has 6 nitrogen and oxygen atoms in total. The highest BCUT2D eigenvalue weighted by atomic mass is 16.6. The van der Waals surface area contributed by atoms with E-state index in [0.717, 1.165) is 16.9 Å². The maximum Gasteiger partial charge on any atom is 0.294 e. The molecule has 0 spiro atoms. The minimum Gasteiger partial charge on any atom is -0.345 e. The summed E-state index contributed by atoms with van der Waals surface area (Å²) < 4.78 is 0. The van der Waals surface area contributed by atoms with E-state index in [-0.39, 0.29) is 5.69 Å². The molecular weight excluding hydrogens is 328 g/mol. The predicted molar refractivity (Wildman–Crippen MR) is 105 cm³/mol. The van der Waals surface area contributed by atoms with Crippen molar-refractivity contribution in [3.8, 4) is 0 Å². The normalized spacial score (nSPS) is 10.7. The number of nitro groups is 1. The lowest BCUT2D eigenvalue weighted by molar-refractivity contribution is -0.384. The molecule has 0 aromatic heterocycles. The lowest BCUT2D eigenvalue weighted by Crippen LogP contribution is -2.08. The van der Waals surface area contributed by atoms with Crippen LogP contribution in [0.2, 0.25) is 0 Å². The van der Waals surface area contributed by atoms with Gasteiger partial charge in [0.05, 0.1) is 11.1 Å². The summed E-state index contributed by atoms with van der Waals surface area (Å²) in [5.41, 5.74) is 6.12. The molecule has 0 amide bonds. The van der Waals surface area contributed by atoms with Gasteiger partial charge in [-0.2, -0.15) is 5.10 Å². The Balaban J connectivity index is 1.68. The molecular formula is C20H18N4O2. The molecule has 1 N–H and O–H groups in total. The second-order valence-electron chi connectivity index (χ2n) is 5.63. The zero-order chi connectivity index (χ0) is 18.4. The summed E-state index contributed by atoms with van der Waals surface area (Å²) in [5, 5.41) is 15.1. The van der Waals surface area contributed by atoms with Crippen molar-refractivity contribution >= 4 is 29.0 Å². The number of hydrazone groups is 1. The molecule has 0 aliphatic rings. The highest BCUT2D eigenvalue weighted by Crippen LogP contribution is 2.24. The quantitative estimate of drug-likeness (QED) is 0.395. The molecule has 0 atom stereocenters. The summed E-state index contributed by atoms with van der Waals surface area (Å²) >= 11 is 0. The smallest absolute Gasteiger partial charge is 0.294 e. The Morgan fingerprint density at radius 3 is 2.23 bits per heavy atom. The average molecular weight is 346 g/mol. The van der Waals surface area contributed by atoms with Gasteiger partial charge in [-0.15, -0.1) is 0 Å². The van der Waals surface area contributed by atoms with E-state index in [0.29, 0.717) is 5.69 Å². The second kappa shape index (κ2) is 7.94. The first-order valence-corrected chi connectivity index (χ1v) is 8.06. The summed E-state index contributed by atoms with van der Waals surface area (Å²) in [6, 6.07) is 24.4. The molecule has 0 fully saturated rings. The van der Waals surface area contributed by atoms with E-state index in [1.165, 1.54) is 6.07 Å². The van der Waals surface area contributed by atoms with Crippen molar-refractivity contribution in [3.05, 3.63) is 94.5 Å². The Bertz CT molecular complexity index is 909. The summed E-state index contributed by atoms with van der Waals surface area (Å²) in [7, 11) is 2.01. The number of nitrogens with one attached hydrogen (secondary N) is 1. The Hall–Kier alpha value is -3.67. The molecule has 0 saturated heterocycles. The summed E-state index contributed by atoms with van der Waals surface area (Å²) in [6.45, 7) is 0. The van der Waals surface area contributed by atoms with Crippen LogP contribution in [0.4, 0.5) is 22.7 Å². The molecule has 0 bridgehead atoms. The van der Waals surface area contributed by atoms with Gasteiger partial charge in [0.2, 0.25) is 0 Å². The van der Waals surface area contributed by atoms with Crippen molar-refractivity contribution in [2.24, 2.45) is 5.10 Å². The number of nitro benzene ring substituents is 1. The molecule has 3 aromatic rings. The molecule has 0 unspecified atom stereocenters. The van der Waals surface area contributed by atoms with Gasteiger partial charge in [0.15, 0.2) is 0 Å². The summed E-state index contributed by atoms with van der Waals surface area (Å²) in [6.07, 6.45) is 1.63. The van der Waals surface area contributed by atoms with Gasteiger partial charge in [0.25, 0.3) is 5.69 Å². The van der Waals surface area contributed by atoms with Crippen molar-refractivity contribution in [3.63, 3.8) is 0 Å². The first-order chi connectivity index (χ1) is 12.6. The van der Waals surface area contributed by atoms with Crippen LogP contribution >= 0.6 is 0 Å². The molecule has 6 heteroatoms. The highest BCUT2D eigenvalue weighted by Gasteiger charge is 2.10. The van der Waals surface area contributed by atoms with Crippen molar-refractivity contribution in [1.29, 1.82) is 0 Å². The molecule has 0 radical (unpaired) electrons. The number of nitrogens with zero attached hydrogens (tertiary/aromatic N) is 3. The average Bonchev–Trinajstić information content (AvgIpc) is 2.69. The third-order valence-corrected chi connectivity index (χ3v) is 3.92. The van der Waals surface area contributed by atoms with E-state index in [4.69, 9.17) is 0 Å². The third-order valence-electron chi connectivity index (χ3n) is 3.92. The zero-order valence-electron chi connectivity index (χ0n) is 14.2. The van der Waals surface area contributed by atoms with Crippen molar-refractivity contribution in [1.82, 2.24) is 0 Å². The fourth-order valence-corrected chi connectivity index (χ4v) is 2.49. The summed E-state index contributed by atoms with van der Waals surface area (Å²) in [5.74, 6) is 0. The Morgan fingerprint density at radius 1 is 0.923 bits per heavy atom. The van der Waals surface area contributed by atoms with Crippen LogP contribution in [-0.4, -0.2) is 18.2 Å². The standard InChI is InChI=1S/C20H18N4O2/c1-23(17-7-3-2-4-8-17)18-13-11-16(12-14-18)15-21-22-19-9-5-6-10-20(19)24(25)26/h2-15,22H,1H3/b21-15-. The monoisotopic (exact) mass is 346 g/mol. The lowest BCUT2D eigenvalue weighted by Gasteiger charge is -2.19. The van der Waals surface area contributed by atoms with Gasteiger partial charge in [-0.25, -0.2) is 0 Å². The van der Waals surface area contributed by atoms with Crippen LogP contribution < -0.4 is 10.3 Å². The van der Waals surface area contributed by atoms with Crippen molar-refractivity contribution in [2.45, 2.75) is 0 Å². The van der Waals surface area contributed by atoms with Gasteiger partial charge < -0.3 is 4.90 Å². The molecule has 3 aromatic carbocycles. The maximum atomic E-state index is 11.0. The van der Waals surface area contributed by atoms with Crippen LogP contribution in [0.1, 0.15) is 5.56 Å². The van der Waals surface area contributed by atoms with Crippen LogP contribution in [0.25, 0.3) is 0 Å². The van der Waals surface area contributed by atoms with Gasteiger partial charge in [-0.1, -0.05) is 42.5 Å². The van der Waals surface area contributed by atoms with E-state index in [1.807, 2.05) is 61.6 Å². The predicted octanol–water partition coefficient (Wildman–Crippen LogP) is 4.81. The Morgan fingerprint density at radius 2 is 1.54 bits per heavy atom. The molecule has 3 rings (SSSR count). The fourth-order valence-electron chi connectivity index (χ4n) is 2.49. The van der Waals surface area contributed by atoms with E-state index < -0.39 is 4.92 Å². The molecule has 0 heterocycles. The molecule has 0 aliphatic carbocycles. The molecule has 0 saturated carbocycles. The summed E-state index contributed by atoms with van der Waals surface area (Å²) in [4.78, 5) is 12.6. The van der Waals surface area contributed by atoms with Crippen LogP contribution in [0.15, 0.2) is 84.0 Å². The van der Waals surface area contributed by atoms with Crippen LogP contribution in [0.3, 0.4) is 0 Å². The van der Waals surface area contributed by atoms with Gasteiger partial charge in [-0.3, -0.25) is 15.5 Å². The SMILES string of the molecule is CN(c1ccccc1)c1ccc(/C=N\Nc2ccccc2[N+](=O)[O-])cc1. The van der Waals surface area contributed by atoms with Gasteiger partial charge in [0, 0.05) is 24.5 Å². The number of rotatable bonds is 6. The first-order valence-electron chi connectivity index (χ1n) is 8.06. The zero-order valence-corrected chi connectivity index (χ0v) is 14.2. The third kappa shape index (κ3) is 4.05. The van der Waals surface area contributed by atoms with E-state index in [9.17, 15) is 10.1 Å². The fraction of sp³-hybridized carbons (Fsp3) is 0.0500. The van der Waals surface area contributed by atoms with Gasteiger partial charge in [-0.05, 0) is 35.9 Å². The maximum absolute atomic E-state index is 11.0. The lowest BCUT2D eigenvalue weighted by atomic mass is 10.2. The molecule has 0 aliphatic heterocycles. The van der Waals surface area contributed by atoms with Gasteiger partial charge >= 0.3 is 0 Å². The van der Waals surface area contributed by atoms with Crippen molar-refractivity contribution < 1.29 is 4.92 Å². The van der Waals surface area contributed by atoms with E-state index >= 15 is 0 Å². The Labute approximate surface area is 151 Å². The number of anilines is 3. The minimum absolute atomic E-state index is 0.00974. The Kier molecular flexibility index (Phi) is 5.24. The van der Waals surface area contributed by atoms with Crippen molar-refractivity contribution in [2.75, 3.05) is 17.4 Å². The van der Waals surface area contributed by atoms with Gasteiger partial charge in [0.1, 0.15) is 5.69 Å².